The lowest BCUT2D eigenvalue weighted by molar-refractivity contribution is -0.111. The van der Waals surface area contributed by atoms with E-state index in [1.54, 1.807) is 6.08 Å². The fourth-order valence-electron chi connectivity index (χ4n) is 3.61. The first-order valence-corrected chi connectivity index (χ1v) is 10.6. The molecule has 3 aromatic rings. The third kappa shape index (κ3) is 5.48. The van der Waals surface area contributed by atoms with Crippen molar-refractivity contribution in [1.82, 2.24) is 9.97 Å². The van der Waals surface area contributed by atoms with Crippen LogP contribution in [0.4, 0.5) is 23.1 Å². The maximum absolute atomic E-state index is 12.2. The number of hydrogen-bond donors (Lipinski definition) is 2. The number of nitrogens with one attached hydrogen (secondary N) is 2. The number of carbonyl (C=O) groups excluding carboxylic acids is 1. The minimum absolute atomic E-state index is 0.166. The second-order valence-electron chi connectivity index (χ2n) is 7.77. The molecule has 2 N–H and O–H groups in total. The zero-order valence-corrected chi connectivity index (χ0v) is 17.9. The Kier molecular flexibility index (Phi) is 6.26. The molecule has 2 heterocycles. The van der Waals surface area contributed by atoms with Crippen LogP contribution in [-0.2, 0) is 4.79 Å². The van der Waals surface area contributed by atoms with Gasteiger partial charge in [0.1, 0.15) is 5.82 Å². The number of hydrogen-bond acceptors (Lipinski definition) is 5. The molecule has 6 heteroatoms. The zero-order valence-electron chi connectivity index (χ0n) is 17.9. The van der Waals surface area contributed by atoms with Crippen molar-refractivity contribution in [2.75, 3.05) is 28.6 Å². The van der Waals surface area contributed by atoms with Crippen LogP contribution < -0.4 is 15.5 Å². The van der Waals surface area contributed by atoms with Gasteiger partial charge in [-0.1, -0.05) is 24.3 Å². The molecule has 0 aliphatic carbocycles. The van der Waals surface area contributed by atoms with Gasteiger partial charge >= 0.3 is 0 Å². The standard InChI is InChI=1S/C25H27N5O/c1-18-7-3-4-8-20(18)9-14-24(31)27-21-10-12-22(13-11-21)28-25-26-19(2)17-23(29-25)30-15-5-6-16-30/h3-4,7-14,17H,5-6,15-16H2,1-2H3,(H,27,31)(H,26,28,29)/b14-9+. The minimum Gasteiger partial charge on any atom is -0.356 e. The summed E-state index contributed by atoms with van der Waals surface area (Å²) in [6.07, 6.45) is 5.79. The Hall–Kier alpha value is -3.67. The van der Waals surface area contributed by atoms with Crippen molar-refractivity contribution in [3.8, 4) is 0 Å². The van der Waals surface area contributed by atoms with Crippen LogP contribution >= 0.6 is 0 Å². The van der Waals surface area contributed by atoms with Gasteiger partial charge < -0.3 is 15.5 Å². The largest absolute Gasteiger partial charge is 0.356 e. The summed E-state index contributed by atoms with van der Waals surface area (Å²) in [7, 11) is 0. The Bertz CT molecular complexity index is 1090. The summed E-state index contributed by atoms with van der Waals surface area (Å²) in [4.78, 5) is 23.7. The van der Waals surface area contributed by atoms with Crippen molar-refractivity contribution < 1.29 is 4.79 Å². The molecule has 0 radical (unpaired) electrons. The molecule has 0 spiro atoms. The van der Waals surface area contributed by atoms with Crippen molar-refractivity contribution in [2.24, 2.45) is 0 Å². The Morgan fingerprint density at radius 1 is 0.968 bits per heavy atom. The second-order valence-corrected chi connectivity index (χ2v) is 7.77. The first-order valence-electron chi connectivity index (χ1n) is 10.6. The molecule has 0 unspecified atom stereocenters. The lowest BCUT2D eigenvalue weighted by Gasteiger charge is -2.17. The molecule has 1 fully saturated rings. The van der Waals surface area contributed by atoms with Gasteiger partial charge in [-0.05, 0) is 68.2 Å². The molecule has 158 valence electrons. The fraction of sp³-hybridized carbons (Fsp3) is 0.240. The van der Waals surface area contributed by atoms with E-state index in [9.17, 15) is 4.79 Å². The molecule has 0 bridgehead atoms. The quantitative estimate of drug-likeness (QED) is 0.551. The van der Waals surface area contributed by atoms with Gasteiger partial charge in [-0.15, -0.1) is 0 Å². The van der Waals surface area contributed by atoms with Gasteiger partial charge in [0.2, 0.25) is 11.9 Å². The summed E-state index contributed by atoms with van der Waals surface area (Å²) in [5.74, 6) is 1.39. The lowest BCUT2D eigenvalue weighted by Crippen LogP contribution is -2.19. The molecular formula is C25H27N5O. The fourth-order valence-corrected chi connectivity index (χ4v) is 3.61. The van der Waals surface area contributed by atoms with Gasteiger partial charge in [0.25, 0.3) is 0 Å². The molecule has 2 aromatic carbocycles. The SMILES string of the molecule is Cc1cc(N2CCCC2)nc(Nc2ccc(NC(=O)/C=C/c3ccccc3C)cc2)n1. The average molecular weight is 414 g/mol. The van der Waals surface area contributed by atoms with E-state index < -0.39 is 0 Å². The number of benzene rings is 2. The molecule has 1 amide bonds. The van der Waals surface area contributed by atoms with Crippen LogP contribution in [0.5, 0.6) is 0 Å². The molecule has 31 heavy (non-hydrogen) atoms. The molecule has 1 aliphatic heterocycles. The Morgan fingerprint density at radius 2 is 1.68 bits per heavy atom. The molecule has 1 aromatic heterocycles. The summed E-state index contributed by atoms with van der Waals surface area (Å²) in [5, 5.41) is 6.15. The van der Waals surface area contributed by atoms with E-state index in [1.807, 2.05) is 74.5 Å². The van der Waals surface area contributed by atoms with Gasteiger partial charge in [-0.3, -0.25) is 4.79 Å². The van der Waals surface area contributed by atoms with Gasteiger partial charge in [0, 0.05) is 42.3 Å². The number of amides is 1. The van der Waals surface area contributed by atoms with E-state index in [0.29, 0.717) is 5.95 Å². The number of carbonyl (C=O) groups is 1. The van der Waals surface area contributed by atoms with Crippen LogP contribution in [0.1, 0.15) is 29.7 Å². The monoisotopic (exact) mass is 413 g/mol. The van der Waals surface area contributed by atoms with Crippen LogP contribution in [0.2, 0.25) is 0 Å². The Balaban J connectivity index is 1.38. The molecule has 1 aliphatic rings. The van der Waals surface area contributed by atoms with Crippen LogP contribution in [0.25, 0.3) is 6.08 Å². The van der Waals surface area contributed by atoms with Crippen LogP contribution in [-0.4, -0.2) is 29.0 Å². The van der Waals surface area contributed by atoms with E-state index in [2.05, 4.69) is 25.5 Å². The lowest BCUT2D eigenvalue weighted by atomic mass is 10.1. The number of nitrogens with zero attached hydrogens (tertiary/aromatic N) is 3. The number of aromatic nitrogens is 2. The van der Waals surface area contributed by atoms with Crippen molar-refractivity contribution in [3.05, 3.63) is 77.5 Å². The normalized spacial score (nSPS) is 13.5. The molecule has 0 atom stereocenters. The van der Waals surface area contributed by atoms with Gasteiger partial charge in [0.15, 0.2) is 0 Å². The maximum atomic E-state index is 12.2. The predicted octanol–water partition coefficient (Wildman–Crippen LogP) is 5.09. The van der Waals surface area contributed by atoms with Crippen LogP contribution in [0.15, 0.2) is 60.7 Å². The predicted molar refractivity (Wildman–Crippen MR) is 127 cm³/mol. The smallest absolute Gasteiger partial charge is 0.248 e. The summed E-state index contributed by atoms with van der Waals surface area (Å²) >= 11 is 0. The van der Waals surface area contributed by atoms with E-state index in [0.717, 1.165) is 47.1 Å². The van der Waals surface area contributed by atoms with E-state index in [-0.39, 0.29) is 5.91 Å². The maximum Gasteiger partial charge on any atom is 0.248 e. The summed E-state index contributed by atoms with van der Waals surface area (Å²) in [6, 6.07) is 17.5. The summed E-state index contributed by atoms with van der Waals surface area (Å²) < 4.78 is 0. The second kappa shape index (κ2) is 9.43. The number of aryl methyl sites for hydroxylation is 2. The highest BCUT2D eigenvalue weighted by Gasteiger charge is 2.15. The summed E-state index contributed by atoms with van der Waals surface area (Å²) in [6.45, 7) is 6.09. The number of anilines is 4. The highest BCUT2D eigenvalue weighted by molar-refractivity contribution is 6.02. The molecule has 1 saturated heterocycles. The van der Waals surface area contributed by atoms with Gasteiger partial charge in [-0.25, -0.2) is 4.98 Å². The van der Waals surface area contributed by atoms with Crippen molar-refractivity contribution in [2.45, 2.75) is 26.7 Å². The first-order chi connectivity index (χ1) is 15.1. The highest BCUT2D eigenvalue weighted by Crippen LogP contribution is 2.22. The van der Waals surface area contributed by atoms with Crippen molar-refractivity contribution in [1.29, 1.82) is 0 Å². The summed E-state index contributed by atoms with van der Waals surface area (Å²) in [5.41, 5.74) is 4.69. The zero-order chi connectivity index (χ0) is 21.6. The van der Waals surface area contributed by atoms with E-state index in [4.69, 9.17) is 0 Å². The van der Waals surface area contributed by atoms with Crippen molar-refractivity contribution >= 4 is 35.1 Å². The van der Waals surface area contributed by atoms with E-state index in [1.165, 1.54) is 12.8 Å². The number of rotatable bonds is 6. The highest BCUT2D eigenvalue weighted by atomic mass is 16.1. The van der Waals surface area contributed by atoms with Gasteiger partial charge in [0.05, 0.1) is 0 Å². The third-order valence-corrected chi connectivity index (χ3v) is 5.28. The molecule has 4 rings (SSSR count). The topological polar surface area (TPSA) is 70.2 Å². The third-order valence-electron chi connectivity index (χ3n) is 5.28. The molecular weight excluding hydrogens is 386 g/mol. The van der Waals surface area contributed by atoms with Crippen LogP contribution in [0.3, 0.4) is 0 Å². The van der Waals surface area contributed by atoms with Gasteiger partial charge in [-0.2, -0.15) is 4.98 Å². The first kappa shape index (κ1) is 20.6. The van der Waals surface area contributed by atoms with E-state index >= 15 is 0 Å². The van der Waals surface area contributed by atoms with Crippen molar-refractivity contribution in [3.63, 3.8) is 0 Å². The average Bonchev–Trinajstić information content (AvgIpc) is 3.29. The molecule has 6 nitrogen and oxygen atoms in total. The minimum atomic E-state index is -0.166. The van der Waals surface area contributed by atoms with Crippen LogP contribution in [0, 0.1) is 13.8 Å². The Labute approximate surface area is 183 Å². The molecule has 0 saturated carbocycles. The Morgan fingerprint density at radius 3 is 2.42 bits per heavy atom.